The summed E-state index contributed by atoms with van der Waals surface area (Å²) in [4.78, 5) is 37.9. The number of hydrogen-bond acceptors (Lipinski definition) is 6. The maximum absolute atomic E-state index is 13.6. The zero-order valence-corrected chi connectivity index (χ0v) is 56.6. The summed E-state index contributed by atoms with van der Waals surface area (Å²) >= 11 is 0. The van der Waals surface area contributed by atoms with Crippen LogP contribution in [0.2, 0.25) is 0 Å². The Morgan fingerprint density at radius 3 is 1.13 bits per heavy atom. The summed E-state index contributed by atoms with van der Waals surface area (Å²) in [6.07, 6.45) is 80.9. The molecule has 0 aromatic carbocycles. The van der Waals surface area contributed by atoms with E-state index in [1.54, 1.807) is 0 Å². The van der Waals surface area contributed by atoms with Gasteiger partial charge < -0.3 is 19.4 Å². The summed E-state index contributed by atoms with van der Waals surface area (Å²) in [5.74, 6) is -0.502. The highest BCUT2D eigenvalue weighted by Gasteiger charge is 2.30. The maximum atomic E-state index is 13.6. The van der Waals surface area contributed by atoms with Crippen LogP contribution >= 0.6 is 7.82 Å². The number of carbonyl (C=O) groups is 2. The summed E-state index contributed by atoms with van der Waals surface area (Å²) < 4.78 is 30.8. The molecule has 0 aliphatic rings. The predicted octanol–water partition coefficient (Wildman–Crippen LogP) is 22.6. The zero-order chi connectivity index (χ0) is 60.7. The van der Waals surface area contributed by atoms with E-state index in [1.807, 2.05) is 33.3 Å². The molecule has 0 saturated heterocycles. The number of nitrogens with zero attached hydrogens (tertiary/aromatic N) is 1. The van der Waals surface area contributed by atoms with Gasteiger partial charge in [-0.1, -0.05) is 294 Å². The molecule has 0 heterocycles. The Bertz CT molecular complexity index is 1600. The molecule has 0 aromatic heterocycles. The number of rotatable bonds is 65. The van der Waals surface area contributed by atoms with Crippen molar-refractivity contribution in [2.45, 2.75) is 354 Å². The van der Waals surface area contributed by atoms with Gasteiger partial charge in [0.25, 0.3) is 0 Å². The number of phosphoric ester groups is 1. The number of unbranched alkanes of at least 4 members (excludes halogenated alkanes) is 41. The fraction of sp³-hybridized carbons (Fsp3) is 0.836. The Morgan fingerprint density at radius 1 is 0.422 bits per heavy atom. The van der Waals surface area contributed by atoms with Crippen molar-refractivity contribution < 1.29 is 37.3 Å². The van der Waals surface area contributed by atoms with E-state index in [9.17, 15) is 19.0 Å². The first-order valence-electron chi connectivity index (χ1n) is 35.6. The smallest absolute Gasteiger partial charge is 0.456 e. The van der Waals surface area contributed by atoms with Gasteiger partial charge in [-0.25, -0.2) is 4.57 Å². The van der Waals surface area contributed by atoms with Gasteiger partial charge in [-0.05, 0) is 96.0 Å². The van der Waals surface area contributed by atoms with E-state index in [-0.39, 0.29) is 31.5 Å². The average Bonchev–Trinajstić information content (AvgIpc) is 3.51. The van der Waals surface area contributed by atoms with Gasteiger partial charge in [-0.3, -0.25) is 18.6 Å². The van der Waals surface area contributed by atoms with Crippen LogP contribution in [0.5, 0.6) is 0 Å². The van der Waals surface area contributed by atoms with Crippen LogP contribution in [-0.4, -0.2) is 74.3 Å². The molecule has 0 radical (unpaired) electrons. The van der Waals surface area contributed by atoms with Crippen molar-refractivity contribution >= 4 is 19.7 Å². The third kappa shape index (κ3) is 64.0. The minimum absolute atomic E-state index is 0.0390. The molecular weight excluding hydrogens is 1050 g/mol. The highest BCUT2D eigenvalue weighted by molar-refractivity contribution is 7.47. The molecule has 0 saturated carbocycles. The monoisotopic (exact) mass is 1190 g/mol. The number of hydrogen-bond donors (Lipinski definition) is 2. The molecule has 10 heteroatoms. The number of quaternary nitrogens is 1. The fourth-order valence-corrected chi connectivity index (χ4v) is 11.2. The largest absolute Gasteiger partial charge is 0.472 e. The summed E-state index contributed by atoms with van der Waals surface area (Å²) in [6.45, 7) is 7.01. The lowest BCUT2D eigenvalue weighted by Crippen LogP contribution is -2.47. The van der Waals surface area contributed by atoms with E-state index >= 15 is 0 Å². The highest BCUT2D eigenvalue weighted by Crippen LogP contribution is 2.43. The first kappa shape index (κ1) is 80.7. The Balaban J connectivity index is 5.02. The molecule has 3 unspecified atom stereocenters. The second-order valence-electron chi connectivity index (χ2n) is 25.4. The molecule has 0 aliphatic carbocycles. The summed E-state index contributed by atoms with van der Waals surface area (Å²) in [5.41, 5.74) is 0. The first-order valence-corrected chi connectivity index (χ1v) is 37.1. The number of carbonyl (C=O) groups excluding carboxylic acids is 2. The van der Waals surface area contributed by atoms with Crippen molar-refractivity contribution in [2.75, 3.05) is 40.9 Å². The van der Waals surface area contributed by atoms with Gasteiger partial charge in [0.05, 0.1) is 33.8 Å². The lowest BCUT2D eigenvalue weighted by atomic mass is 10.0. The molecule has 486 valence electrons. The number of allylic oxidation sites excluding steroid dienone is 9. The van der Waals surface area contributed by atoms with E-state index in [4.69, 9.17) is 13.8 Å². The molecule has 2 N–H and O–H groups in total. The number of amides is 1. The zero-order valence-electron chi connectivity index (χ0n) is 55.7. The average molecular weight is 1190 g/mol. The van der Waals surface area contributed by atoms with Crippen LogP contribution in [0.3, 0.4) is 0 Å². The number of likely N-dealkylation sites (N-methyl/N-ethyl adjacent to an activating group) is 1. The molecule has 0 bridgehead atoms. The highest BCUT2D eigenvalue weighted by atomic mass is 31.2. The van der Waals surface area contributed by atoms with E-state index in [1.165, 1.54) is 225 Å². The van der Waals surface area contributed by atoms with Crippen molar-refractivity contribution in [3.63, 3.8) is 0 Å². The van der Waals surface area contributed by atoms with Crippen molar-refractivity contribution in [3.05, 3.63) is 60.8 Å². The second-order valence-corrected chi connectivity index (χ2v) is 26.9. The minimum atomic E-state index is -4.45. The maximum Gasteiger partial charge on any atom is 0.472 e. The molecule has 0 rings (SSSR count). The summed E-state index contributed by atoms with van der Waals surface area (Å²) in [6, 6.07) is -0.852. The van der Waals surface area contributed by atoms with E-state index in [0.29, 0.717) is 17.4 Å². The minimum Gasteiger partial charge on any atom is -0.456 e. The van der Waals surface area contributed by atoms with Crippen LogP contribution < -0.4 is 5.32 Å². The van der Waals surface area contributed by atoms with E-state index < -0.39 is 20.0 Å². The topological polar surface area (TPSA) is 111 Å². The molecule has 83 heavy (non-hydrogen) atoms. The Kier molecular flexibility index (Phi) is 61.0. The van der Waals surface area contributed by atoms with Gasteiger partial charge in [0, 0.05) is 12.8 Å². The normalized spacial score (nSPS) is 13.9. The van der Waals surface area contributed by atoms with Crippen LogP contribution in [0.4, 0.5) is 0 Å². The number of esters is 1. The Morgan fingerprint density at radius 2 is 0.735 bits per heavy atom. The van der Waals surface area contributed by atoms with E-state index in [2.05, 4.69) is 74.7 Å². The van der Waals surface area contributed by atoms with Crippen LogP contribution in [-0.2, 0) is 27.9 Å². The molecule has 0 spiro atoms. The lowest BCUT2D eigenvalue weighted by Gasteiger charge is -2.27. The van der Waals surface area contributed by atoms with Crippen molar-refractivity contribution in [1.82, 2.24) is 5.32 Å². The Hall–Kier alpha value is -2.29. The second kappa shape index (κ2) is 62.8. The van der Waals surface area contributed by atoms with Crippen LogP contribution in [0.25, 0.3) is 0 Å². The molecule has 1 amide bonds. The van der Waals surface area contributed by atoms with Crippen molar-refractivity contribution in [2.24, 2.45) is 0 Å². The quantitative estimate of drug-likeness (QED) is 0.0205. The van der Waals surface area contributed by atoms with Gasteiger partial charge in [-0.15, -0.1) is 0 Å². The van der Waals surface area contributed by atoms with Gasteiger partial charge in [0.15, 0.2) is 0 Å². The van der Waals surface area contributed by atoms with Gasteiger partial charge in [-0.2, -0.15) is 0 Å². The molecule has 0 fully saturated rings. The van der Waals surface area contributed by atoms with Gasteiger partial charge >= 0.3 is 13.8 Å². The van der Waals surface area contributed by atoms with Crippen molar-refractivity contribution in [3.8, 4) is 0 Å². The Labute approximate surface area is 515 Å². The van der Waals surface area contributed by atoms with Crippen molar-refractivity contribution in [1.29, 1.82) is 0 Å². The van der Waals surface area contributed by atoms with Crippen LogP contribution in [0.15, 0.2) is 60.8 Å². The van der Waals surface area contributed by atoms with E-state index in [0.717, 1.165) is 83.5 Å². The molecule has 9 nitrogen and oxygen atoms in total. The third-order valence-corrected chi connectivity index (χ3v) is 16.9. The number of ether oxygens (including phenoxy) is 1. The SMILES string of the molecule is CCCCC/C=C\C/C=C\C/C=C\CCCCCCCCCCC(=O)OC(/C=C\CCCCCCCCCCC)C(COP(=O)(O)OCC[N+](C)(C)C)NC(=O)CCCCCCCCCCCCCCCCC/C=C/CCCCCCCC. The number of phosphoric acid groups is 1. The van der Waals surface area contributed by atoms with Crippen LogP contribution in [0, 0.1) is 0 Å². The standard InChI is InChI=1S/C73H137N2O7P/c1-7-10-13-16-19-22-25-27-29-31-33-35-36-37-38-40-41-43-45-47-50-53-56-59-62-65-72(76)74-70(69-81-83(78,79)80-68-67-75(4,5)6)71(64-61-58-55-52-49-24-21-18-15-12-9-3)82-73(77)66-63-60-57-54-51-48-46-44-42-39-34-32-30-28-26-23-20-17-14-11-8-2/h20,23,27-30,34,39,61,64,70-71H,7-19,21-22,24-26,31-33,35-38,40-60,62-63,65-69H2,1-6H3,(H-,74,76,78,79)/p+1/b23-20-,29-27+,30-28-,39-34-,64-61-. The predicted molar refractivity (Wildman–Crippen MR) is 360 cm³/mol. The molecular formula is C73H138N2O7P+. The molecule has 3 atom stereocenters. The van der Waals surface area contributed by atoms with Gasteiger partial charge in [0.2, 0.25) is 5.91 Å². The van der Waals surface area contributed by atoms with Crippen LogP contribution in [0.1, 0.15) is 342 Å². The summed E-state index contributed by atoms with van der Waals surface area (Å²) in [7, 11) is 1.50. The fourth-order valence-electron chi connectivity index (χ4n) is 10.4. The van der Waals surface area contributed by atoms with Gasteiger partial charge in [0.1, 0.15) is 19.3 Å². The summed E-state index contributed by atoms with van der Waals surface area (Å²) in [5, 5.41) is 3.07. The first-order chi connectivity index (χ1) is 40.4. The molecule has 0 aromatic rings. The number of nitrogens with one attached hydrogen (secondary N) is 1. The lowest BCUT2D eigenvalue weighted by molar-refractivity contribution is -0.870. The third-order valence-electron chi connectivity index (χ3n) is 15.9. The molecule has 0 aliphatic heterocycles.